The Morgan fingerprint density at radius 3 is 2.38 bits per heavy atom. The lowest BCUT2D eigenvalue weighted by Gasteiger charge is -2.12. The number of nitrogens with two attached hydrogens (primary N) is 1. The van der Waals surface area contributed by atoms with Gasteiger partial charge >= 0.3 is 5.97 Å². The molecule has 2 aromatic carbocycles. The molecule has 0 bridgehead atoms. The number of carbonyl (C=O) groups excluding carboxylic acids is 2. The van der Waals surface area contributed by atoms with E-state index in [2.05, 4.69) is 4.98 Å². The van der Waals surface area contributed by atoms with Gasteiger partial charge in [-0.05, 0) is 37.3 Å². The molecule has 1 heterocycles. The summed E-state index contributed by atoms with van der Waals surface area (Å²) in [6, 6.07) is 13.7. The van der Waals surface area contributed by atoms with E-state index in [0.717, 1.165) is 5.56 Å². The van der Waals surface area contributed by atoms with E-state index in [-0.39, 0.29) is 17.2 Å². The molecule has 0 saturated heterocycles. The van der Waals surface area contributed by atoms with Crippen LogP contribution < -0.4 is 5.14 Å². The molecule has 0 aliphatic carbocycles. The molecule has 10 heteroatoms. The van der Waals surface area contributed by atoms with Gasteiger partial charge in [0.25, 0.3) is 5.78 Å². The average Bonchev–Trinajstić information content (AvgIpc) is 3.08. The molecule has 3 rings (SSSR count). The van der Waals surface area contributed by atoms with Crippen LogP contribution in [0, 0.1) is 6.92 Å². The molecule has 0 atom stereocenters. The predicted molar refractivity (Wildman–Crippen MR) is 122 cm³/mol. The molecule has 0 aliphatic rings. The summed E-state index contributed by atoms with van der Waals surface area (Å²) in [6.07, 6.45) is 1.78. The van der Waals surface area contributed by atoms with E-state index in [4.69, 9.17) is 9.88 Å². The van der Waals surface area contributed by atoms with Gasteiger partial charge in [-0.2, -0.15) is 0 Å². The number of aryl methyl sites for hydroxylation is 1. The molecular weight excluding hydrogens is 450 g/mol. The van der Waals surface area contributed by atoms with Crippen LogP contribution in [0.2, 0.25) is 0 Å². The Morgan fingerprint density at radius 1 is 1.12 bits per heavy atom. The van der Waals surface area contributed by atoms with Gasteiger partial charge in [0.2, 0.25) is 10.0 Å². The average molecular weight is 474 g/mol. The fourth-order valence-electron chi connectivity index (χ4n) is 3.31. The number of ether oxygens (including phenoxy) is 1. The molecule has 8 nitrogen and oxygen atoms in total. The molecule has 0 fully saturated rings. The summed E-state index contributed by atoms with van der Waals surface area (Å²) in [6.45, 7) is 3.81. The molecule has 0 aliphatic heterocycles. The molecule has 2 N–H and O–H groups in total. The van der Waals surface area contributed by atoms with Crippen molar-refractivity contribution in [1.29, 1.82) is 0 Å². The number of ketones is 1. The Balaban J connectivity index is 1.96. The van der Waals surface area contributed by atoms with Crippen LogP contribution in [0.15, 0.2) is 58.5 Å². The first-order valence-corrected chi connectivity index (χ1v) is 12.5. The van der Waals surface area contributed by atoms with E-state index >= 15 is 0 Å². The number of Topliss-reactive ketones (excluding diaryl/α,β-unsaturated/α-hetero) is 1. The number of thioether (sulfide) groups is 1. The zero-order valence-corrected chi connectivity index (χ0v) is 19.5. The van der Waals surface area contributed by atoms with Gasteiger partial charge in [-0.25, -0.2) is 23.3 Å². The molecule has 0 unspecified atom stereocenters. The van der Waals surface area contributed by atoms with Crippen molar-refractivity contribution in [3.63, 3.8) is 0 Å². The highest BCUT2D eigenvalue weighted by molar-refractivity contribution is 7.98. The molecule has 1 aromatic heterocycles. The number of rotatable bonds is 8. The maximum Gasteiger partial charge on any atom is 0.381 e. The summed E-state index contributed by atoms with van der Waals surface area (Å²) >= 11 is 1.28. The zero-order chi connectivity index (χ0) is 23.5. The SMILES string of the molecule is CCOC(=O)C(=O)c1c(SC)nc(C)n1Cc1ccc(-c2ccccc2S(N)(=O)=O)cc1. The van der Waals surface area contributed by atoms with E-state index in [1.165, 1.54) is 17.8 Å². The van der Waals surface area contributed by atoms with Crippen LogP contribution in [0.1, 0.15) is 28.8 Å². The van der Waals surface area contributed by atoms with E-state index in [1.54, 1.807) is 55.0 Å². The maximum absolute atomic E-state index is 12.7. The minimum atomic E-state index is -3.87. The predicted octanol–water partition coefficient (Wildman–Crippen LogP) is 3.02. The molecule has 168 valence electrons. The number of hydrogen-bond donors (Lipinski definition) is 1. The number of aromatic nitrogens is 2. The first-order chi connectivity index (χ1) is 15.2. The van der Waals surface area contributed by atoms with Crippen LogP contribution in [-0.4, -0.2) is 42.6 Å². The van der Waals surface area contributed by atoms with Crippen molar-refractivity contribution in [3.8, 4) is 11.1 Å². The second-order valence-corrected chi connectivity index (χ2v) is 9.22. The Bertz CT molecular complexity index is 1270. The summed E-state index contributed by atoms with van der Waals surface area (Å²) in [5.74, 6) is -1.07. The molecule has 0 spiro atoms. The summed E-state index contributed by atoms with van der Waals surface area (Å²) in [5.41, 5.74) is 2.22. The number of hydrogen-bond acceptors (Lipinski definition) is 7. The minimum Gasteiger partial charge on any atom is -0.460 e. The third-order valence-electron chi connectivity index (χ3n) is 4.79. The van der Waals surface area contributed by atoms with E-state index in [1.807, 2.05) is 12.1 Å². The highest BCUT2D eigenvalue weighted by atomic mass is 32.2. The Morgan fingerprint density at radius 2 is 1.78 bits per heavy atom. The van der Waals surface area contributed by atoms with Gasteiger partial charge in [-0.1, -0.05) is 42.5 Å². The first-order valence-electron chi connectivity index (χ1n) is 9.71. The van der Waals surface area contributed by atoms with Crippen molar-refractivity contribution in [2.75, 3.05) is 12.9 Å². The lowest BCUT2D eigenvalue weighted by Crippen LogP contribution is -2.22. The number of esters is 1. The Kier molecular flexibility index (Phi) is 7.17. The lowest BCUT2D eigenvalue weighted by atomic mass is 10.0. The van der Waals surface area contributed by atoms with Gasteiger partial charge in [0.1, 0.15) is 16.5 Å². The molecule has 0 amide bonds. The largest absolute Gasteiger partial charge is 0.460 e. The highest BCUT2D eigenvalue weighted by Gasteiger charge is 2.27. The lowest BCUT2D eigenvalue weighted by molar-refractivity contribution is -0.137. The van der Waals surface area contributed by atoms with Gasteiger partial charge in [0, 0.05) is 12.1 Å². The summed E-state index contributed by atoms with van der Waals surface area (Å²) in [7, 11) is -3.87. The normalized spacial score (nSPS) is 11.4. The van der Waals surface area contributed by atoms with Crippen molar-refractivity contribution in [2.24, 2.45) is 5.14 Å². The molecular formula is C22H23N3O5S2. The summed E-state index contributed by atoms with van der Waals surface area (Å²) in [4.78, 5) is 29.2. The third kappa shape index (κ3) is 4.93. The van der Waals surface area contributed by atoms with Crippen molar-refractivity contribution >= 4 is 33.5 Å². The van der Waals surface area contributed by atoms with Gasteiger partial charge in [-0.15, -0.1) is 11.8 Å². The van der Waals surface area contributed by atoms with Crippen LogP contribution in [0.5, 0.6) is 0 Å². The molecule has 32 heavy (non-hydrogen) atoms. The number of benzene rings is 2. The second kappa shape index (κ2) is 9.68. The third-order valence-corrected chi connectivity index (χ3v) is 6.44. The van der Waals surface area contributed by atoms with Crippen molar-refractivity contribution in [1.82, 2.24) is 9.55 Å². The van der Waals surface area contributed by atoms with Gasteiger partial charge < -0.3 is 9.30 Å². The smallest absolute Gasteiger partial charge is 0.381 e. The Labute approximate surface area is 190 Å². The zero-order valence-electron chi connectivity index (χ0n) is 17.9. The van der Waals surface area contributed by atoms with Crippen molar-refractivity contribution in [3.05, 3.63) is 65.6 Å². The van der Waals surface area contributed by atoms with Crippen molar-refractivity contribution in [2.45, 2.75) is 30.3 Å². The van der Waals surface area contributed by atoms with Crippen LogP contribution in [0.25, 0.3) is 11.1 Å². The molecule has 0 saturated carbocycles. The van der Waals surface area contributed by atoms with Crippen molar-refractivity contribution < 1.29 is 22.7 Å². The van der Waals surface area contributed by atoms with Crippen LogP contribution in [-0.2, 0) is 26.1 Å². The number of nitrogens with zero attached hydrogens (tertiary/aromatic N) is 2. The Hall–Kier alpha value is -2.95. The standard InChI is InChI=1S/C22H23N3O5S2/c1-4-30-22(27)20(26)19-21(31-3)24-14(2)25(19)13-15-9-11-16(12-10-15)17-7-5-6-8-18(17)32(23,28)29/h5-12H,4,13H2,1-3H3,(H2,23,28,29). The van der Waals surface area contributed by atoms with Crippen LogP contribution in [0.3, 0.4) is 0 Å². The first kappa shape index (κ1) is 23.7. The fraction of sp³-hybridized carbons (Fsp3) is 0.227. The maximum atomic E-state index is 12.7. The molecule has 0 radical (unpaired) electrons. The molecule has 3 aromatic rings. The highest BCUT2D eigenvalue weighted by Crippen LogP contribution is 2.28. The fourth-order valence-corrected chi connectivity index (χ4v) is 4.69. The number of primary sulfonamides is 1. The second-order valence-electron chi connectivity index (χ2n) is 6.89. The van der Waals surface area contributed by atoms with Crippen LogP contribution in [0.4, 0.5) is 0 Å². The minimum absolute atomic E-state index is 0.0464. The van der Waals surface area contributed by atoms with Gasteiger partial charge in [0.15, 0.2) is 0 Å². The van der Waals surface area contributed by atoms with E-state index in [9.17, 15) is 18.0 Å². The number of sulfonamides is 1. The van der Waals surface area contributed by atoms with E-state index in [0.29, 0.717) is 28.5 Å². The summed E-state index contributed by atoms with van der Waals surface area (Å²) in [5, 5.41) is 5.80. The van der Waals surface area contributed by atoms with Gasteiger partial charge in [0.05, 0.1) is 11.5 Å². The van der Waals surface area contributed by atoms with Gasteiger partial charge in [-0.3, -0.25) is 4.79 Å². The number of imidazole rings is 1. The van der Waals surface area contributed by atoms with E-state index < -0.39 is 21.8 Å². The quantitative estimate of drug-likeness (QED) is 0.231. The monoisotopic (exact) mass is 473 g/mol. The summed E-state index contributed by atoms with van der Waals surface area (Å²) < 4.78 is 30.4. The topological polar surface area (TPSA) is 121 Å². The van der Waals surface area contributed by atoms with Crippen LogP contribution >= 0.6 is 11.8 Å². The number of carbonyl (C=O) groups is 2.